The van der Waals surface area contributed by atoms with E-state index in [1.54, 1.807) is 17.2 Å². The third-order valence-corrected chi connectivity index (χ3v) is 3.81. The molecule has 0 saturated carbocycles. The minimum Gasteiger partial charge on any atom is -0.398 e. The van der Waals surface area contributed by atoms with Crippen molar-refractivity contribution in [3.05, 3.63) is 23.5 Å². The smallest absolute Gasteiger partial charge is 0.257 e. The standard InChI is InChI=1S/C14H22N4O/c1-10-7-13(15)12(8-16-10)14(19)18(3)9-11-5-4-6-17(11)2/h7-8,11H,4-6,9H2,1-3H3,(H2,15,16). The molecule has 1 fully saturated rings. The molecular weight excluding hydrogens is 240 g/mol. The van der Waals surface area contributed by atoms with Crippen LogP contribution in [-0.2, 0) is 0 Å². The van der Waals surface area contributed by atoms with Gasteiger partial charge in [0.15, 0.2) is 0 Å². The fourth-order valence-electron chi connectivity index (χ4n) is 2.57. The predicted octanol–water partition coefficient (Wildman–Crippen LogP) is 1.14. The van der Waals surface area contributed by atoms with Crippen LogP contribution in [0.4, 0.5) is 5.69 Å². The van der Waals surface area contributed by atoms with Gasteiger partial charge in [-0.3, -0.25) is 9.78 Å². The summed E-state index contributed by atoms with van der Waals surface area (Å²) in [5.41, 5.74) is 7.72. The summed E-state index contributed by atoms with van der Waals surface area (Å²) in [7, 11) is 3.94. The van der Waals surface area contributed by atoms with E-state index < -0.39 is 0 Å². The zero-order valence-electron chi connectivity index (χ0n) is 11.9. The Bertz CT molecular complexity index is 475. The van der Waals surface area contributed by atoms with Gasteiger partial charge in [0.05, 0.1) is 5.56 Å². The van der Waals surface area contributed by atoms with Gasteiger partial charge in [0.2, 0.25) is 0 Å². The molecule has 1 aromatic heterocycles. The number of hydrogen-bond donors (Lipinski definition) is 1. The Morgan fingerprint density at radius 3 is 2.95 bits per heavy atom. The van der Waals surface area contributed by atoms with Crippen molar-refractivity contribution in [3.8, 4) is 0 Å². The number of anilines is 1. The first-order valence-electron chi connectivity index (χ1n) is 6.67. The second kappa shape index (κ2) is 5.57. The van der Waals surface area contributed by atoms with Gasteiger partial charge in [-0.25, -0.2) is 0 Å². The molecule has 1 amide bonds. The fourth-order valence-corrected chi connectivity index (χ4v) is 2.57. The van der Waals surface area contributed by atoms with Crippen molar-refractivity contribution in [3.63, 3.8) is 0 Å². The number of nitrogen functional groups attached to an aromatic ring is 1. The molecule has 0 aromatic carbocycles. The van der Waals surface area contributed by atoms with E-state index in [2.05, 4.69) is 16.9 Å². The van der Waals surface area contributed by atoms with Crippen LogP contribution in [0.25, 0.3) is 0 Å². The number of carbonyl (C=O) groups excluding carboxylic acids is 1. The Hall–Kier alpha value is -1.62. The second-order valence-electron chi connectivity index (χ2n) is 5.38. The number of hydrogen-bond acceptors (Lipinski definition) is 4. The van der Waals surface area contributed by atoms with Crippen LogP contribution in [0.2, 0.25) is 0 Å². The summed E-state index contributed by atoms with van der Waals surface area (Å²) in [6.45, 7) is 3.71. The van der Waals surface area contributed by atoms with Crippen LogP contribution in [-0.4, -0.2) is 53.9 Å². The average molecular weight is 262 g/mol. The summed E-state index contributed by atoms with van der Waals surface area (Å²) in [6, 6.07) is 2.19. The number of aryl methyl sites for hydroxylation is 1. The van der Waals surface area contributed by atoms with Crippen LogP contribution >= 0.6 is 0 Å². The first-order valence-corrected chi connectivity index (χ1v) is 6.67. The highest BCUT2D eigenvalue weighted by molar-refractivity contribution is 5.98. The van der Waals surface area contributed by atoms with Gasteiger partial charge < -0.3 is 15.5 Å². The van der Waals surface area contributed by atoms with Crippen LogP contribution in [0.15, 0.2) is 12.3 Å². The molecular formula is C14H22N4O. The minimum atomic E-state index is -0.0506. The Morgan fingerprint density at radius 1 is 1.63 bits per heavy atom. The lowest BCUT2D eigenvalue weighted by Gasteiger charge is -2.26. The van der Waals surface area contributed by atoms with Crippen LogP contribution in [0, 0.1) is 6.92 Å². The molecule has 1 unspecified atom stereocenters. The van der Waals surface area contributed by atoms with E-state index >= 15 is 0 Å². The van der Waals surface area contributed by atoms with Gasteiger partial charge in [-0.15, -0.1) is 0 Å². The topological polar surface area (TPSA) is 62.5 Å². The van der Waals surface area contributed by atoms with Crippen LogP contribution in [0.5, 0.6) is 0 Å². The first kappa shape index (κ1) is 13.8. The Kier molecular flexibility index (Phi) is 4.04. The molecule has 1 aliphatic heterocycles. The largest absolute Gasteiger partial charge is 0.398 e. The van der Waals surface area contributed by atoms with E-state index in [9.17, 15) is 4.79 Å². The summed E-state index contributed by atoms with van der Waals surface area (Å²) in [6.07, 6.45) is 3.93. The molecule has 19 heavy (non-hydrogen) atoms. The van der Waals surface area contributed by atoms with Crippen molar-refractivity contribution in [1.82, 2.24) is 14.8 Å². The number of nitrogens with zero attached hydrogens (tertiary/aromatic N) is 3. The molecule has 104 valence electrons. The molecule has 1 aliphatic rings. The van der Waals surface area contributed by atoms with Gasteiger partial charge in [0, 0.05) is 37.2 Å². The van der Waals surface area contributed by atoms with Crippen LogP contribution in [0.3, 0.4) is 0 Å². The molecule has 2 heterocycles. The molecule has 2 rings (SSSR count). The highest BCUT2D eigenvalue weighted by Gasteiger charge is 2.25. The number of aromatic nitrogens is 1. The maximum atomic E-state index is 12.4. The summed E-state index contributed by atoms with van der Waals surface area (Å²) in [5.74, 6) is -0.0506. The van der Waals surface area contributed by atoms with E-state index in [1.807, 2.05) is 14.0 Å². The molecule has 5 heteroatoms. The zero-order chi connectivity index (χ0) is 14.0. The number of rotatable bonds is 3. The molecule has 1 saturated heterocycles. The van der Waals surface area contributed by atoms with Crippen molar-refractivity contribution in [2.75, 3.05) is 32.9 Å². The van der Waals surface area contributed by atoms with E-state index in [0.29, 0.717) is 17.3 Å². The molecule has 2 N–H and O–H groups in total. The monoisotopic (exact) mass is 262 g/mol. The highest BCUT2D eigenvalue weighted by Crippen LogP contribution is 2.18. The van der Waals surface area contributed by atoms with Crippen molar-refractivity contribution in [2.24, 2.45) is 0 Å². The van der Waals surface area contributed by atoms with E-state index in [-0.39, 0.29) is 5.91 Å². The molecule has 0 spiro atoms. The first-order chi connectivity index (χ1) is 8.99. The van der Waals surface area contributed by atoms with E-state index in [1.165, 1.54) is 6.42 Å². The number of pyridine rings is 1. The maximum Gasteiger partial charge on any atom is 0.257 e. The summed E-state index contributed by atoms with van der Waals surface area (Å²) in [5, 5.41) is 0. The van der Waals surface area contributed by atoms with Crippen molar-refractivity contribution in [1.29, 1.82) is 0 Å². The quantitative estimate of drug-likeness (QED) is 0.887. The number of likely N-dealkylation sites (tertiary alicyclic amines) is 1. The Morgan fingerprint density at radius 2 is 2.37 bits per heavy atom. The lowest BCUT2D eigenvalue weighted by molar-refractivity contribution is 0.0762. The van der Waals surface area contributed by atoms with Gasteiger partial charge in [-0.1, -0.05) is 0 Å². The summed E-state index contributed by atoms with van der Waals surface area (Å²) >= 11 is 0. The van der Waals surface area contributed by atoms with Crippen molar-refractivity contribution < 1.29 is 4.79 Å². The predicted molar refractivity (Wildman–Crippen MR) is 76.0 cm³/mol. The molecule has 1 aromatic rings. The van der Waals surface area contributed by atoms with Crippen LogP contribution in [0.1, 0.15) is 28.9 Å². The third kappa shape index (κ3) is 3.04. The highest BCUT2D eigenvalue weighted by atomic mass is 16.2. The SMILES string of the molecule is Cc1cc(N)c(C(=O)N(C)CC2CCCN2C)cn1. The molecule has 0 aliphatic carbocycles. The molecule has 0 bridgehead atoms. The Balaban J connectivity index is 2.06. The molecule has 1 atom stereocenters. The van der Waals surface area contributed by atoms with Crippen molar-refractivity contribution in [2.45, 2.75) is 25.8 Å². The van der Waals surface area contributed by atoms with Gasteiger partial charge in [-0.2, -0.15) is 0 Å². The van der Waals surface area contributed by atoms with Gasteiger partial charge in [-0.05, 0) is 39.4 Å². The number of likely N-dealkylation sites (N-methyl/N-ethyl adjacent to an activating group) is 2. The average Bonchev–Trinajstić information content (AvgIpc) is 2.74. The number of nitrogens with two attached hydrogens (primary N) is 1. The van der Waals surface area contributed by atoms with Gasteiger partial charge >= 0.3 is 0 Å². The normalized spacial score (nSPS) is 19.6. The lowest BCUT2D eigenvalue weighted by Crippen LogP contribution is -2.39. The second-order valence-corrected chi connectivity index (χ2v) is 5.38. The van der Waals surface area contributed by atoms with Gasteiger partial charge in [0.1, 0.15) is 0 Å². The molecule has 5 nitrogen and oxygen atoms in total. The summed E-state index contributed by atoms with van der Waals surface area (Å²) in [4.78, 5) is 20.6. The summed E-state index contributed by atoms with van der Waals surface area (Å²) < 4.78 is 0. The van der Waals surface area contributed by atoms with E-state index in [0.717, 1.165) is 25.2 Å². The zero-order valence-corrected chi connectivity index (χ0v) is 11.9. The number of carbonyl (C=O) groups is 1. The maximum absolute atomic E-state index is 12.4. The Labute approximate surface area is 114 Å². The van der Waals surface area contributed by atoms with Gasteiger partial charge in [0.25, 0.3) is 5.91 Å². The molecule has 0 radical (unpaired) electrons. The van der Waals surface area contributed by atoms with Crippen molar-refractivity contribution >= 4 is 11.6 Å². The fraction of sp³-hybridized carbons (Fsp3) is 0.571. The van der Waals surface area contributed by atoms with Crippen LogP contribution < -0.4 is 5.73 Å². The van der Waals surface area contributed by atoms with E-state index in [4.69, 9.17) is 5.73 Å². The third-order valence-electron chi connectivity index (χ3n) is 3.81. The minimum absolute atomic E-state index is 0.0506. The number of amides is 1. The lowest BCUT2D eigenvalue weighted by atomic mass is 10.1.